The Morgan fingerprint density at radius 1 is 1.00 bits per heavy atom. The van der Waals surface area contributed by atoms with Crippen LogP contribution in [0.15, 0.2) is 47.4 Å². The highest BCUT2D eigenvalue weighted by Gasteiger charge is 2.13. The number of benzene rings is 2. The summed E-state index contributed by atoms with van der Waals surface area (Å²) in [6.45, 7) is 0. The zero-order chi connectivity index (χ0) is 14.8. The van der Waals surface area contributed by atoms with E-state index in [4.69, 9.17) is 20.3 Å². The maximum absolute atomic E-state index is 11.3. The van der Waals surface area contributed by atoms with Crippen LogP contribution < -0.4 is 20.3 Å². The molecule has 2 aromatic carbocycles. The Balaban J connectivity index is 2.43. The minimum absolute atomic E-state index is 0.0726. The van der Waals surface area contributed by atoms with Crippen molar-refractivity contribution in [2.24, 2.45) is 5.14 Å². The van der Waals surface area contributed by atoms with E-state index in [2.05, 4.69) is 0 Å². The monoisotopic (exact) mass is 294 g/mol. The SMILES string of the molecule is COc1ccccc1Oc1cc(S(N)(=O)=O)ccc1N. The van der Waals surface area contributed by atoms with Gasteiger partial charge in [-0.1, -0.05) is 12.1 Å². The number of hydrogen-bond donors (Lipinski definition) is 2. The summed E-state index contributed by atoms with van der Waals surface area (Å²) in [5.41, 5.74) is 6.07. The van der Waals surface area contributed by atoms with Gasteiger partial charge in [0.1, 0.15) is 0 Å². The van der Waals surface area contributed by atoms with Gasteiger partial charge in [0.25, 0.3) is 0 Å². The molecule has 0 atom stereocenters. The van der Waals surface area contributed by atoms with Crippen LogP contribution in [0.4, 0.5) is 5.69 Å². The van der Waals surface area contributed by atoms with Gasteiger partial charge in [-0.2, -0.15) is 0 Å². The Labute approximate surface area is 117 Å². The Bertz CT molecular complexity index is 729. The maximum atomic E-state index is 11.3. The second-order valence-electron chi connectivity index (χ2n) is 4.00. The quantitative estimate of drug-likeness (QED) is 0.835. The second-order valence-corrected chi connectivity index (χ2v) is 5.56. The second kappa shape index (κ2) is 5.40. The van der Waals surface area contributed by atoms with E-state index in [1.165, 1.54) is 25.3 Å². The van der Waals surface area contributed by atoms with Crippen LogP contribution >= 0.6 is 0 Å². The van der Waals surface area contributed by atoms with E-state index in [-0.39, 0.29) is 10.6 Å². The number of hydrogen-bond acceptors (Lipinski definition) is 5. The van der Waals surface area contributed by atoms with Crippen LogP contribution in [0.5, 0.6) is 17.2 Å². The van der Waals surface area contributed by atoms with Gasteiger partial charge in [0.05, 0.1) is 17.7 Å². The number of sulfonamides is 1. The molecule has 7 heteroatoms. The Hall–Kier alpha value is -2.25. The number of anilines is 1. The zero-order valence-electron chi connectivity index (χ0n) is 10.7. The summed E-state index contributed by atoms with van der Waals surface area (Å²) in [5.74, 6) is 1.13. The maximum Gasteiger partial charge on any atom is 0.238 e. The normalized spacial score (nSPS) is 11.1. The molecule has 20 heavy (non-hydrogen) atoms. The van der Waals surface area contributed by atoms with Crippen molar-refractivity contribution in [1.29, 1.82) is 0 Å². The van der Waals surface area contributed by atoms with Crippen LogP contribution in [0.3, 0.4) is 0 Å². The van der Waals surface area contributed by atoms with Crippen LogP contribution in [0.2, 0.25) is 0 Å². The van der Waals surface area contributed by atoms with Gasteiger partial charge in [0.15, 0.2) is 17.2 Å². The minimum Gasteiger partial charge on any atom is -0.493 e. The predicted molar refractivity (Wildman–Crippen MR) is 75.3 cm³/mol. The van der Waals surface area contributed by atoms with Crippen LogP contribution in [0, 0.1) is 0 Å². The lowest BCUT2D eigenvalue weighted by Gasteiger charge is -2.12. The smallest absolute Gasteiger partial charge is 0.238 e. The molecule has 0 aliphatic rings. The summed E-state index contributed by atoms with van der Waals surface area (Å²) in [5, 5.41) is 5.08. The fraction of sp³-hybridized carbons (Fsp3) is 0.0769. The first kappa shape index (κ1) is 14.2. The molecule has 0 radical (unpaired) electrons. The molecule has 106 valence electrons. The molecule has 0 fully saturated rings. The number of nitrogen functional groups attached to an aromatic ring is 1. The first-order valence-electron chi connectivity index (χ1n) is 5.65. The molecule has 0 amide bonds. The number of methoxy groups -OCH3 is 1. The Morgan fingerprint density at radius 2 is 1.65 bits per heavy atom. The number of para-hydroxylation sites is 2. The largest absolute Gasteiger partial charge is 0.493 e. The van der Waals surface area contributed by atoms with Crippen LogP contribution in [0.1, 0.15) is 0 Å². The topological polar surface area (TPSA) is 105 Å². The molecule has 0 saturated heterocycles. The summed E-state index contributed by atoms with van der Waals surface area (Å²) < 4.78 is 33.4. The lowest BCUT2D eigenvalue weighted by Crippen LogP contribution is -2.12. The van der Waals surface area contributed by atoms with Crippen LogP contribution in [0.25, 0.3) is 0 Å². The van der Waals surface area contributed by atoms with Crippen molar-refractivity contribution in [3.8, 4) is 17.2 Å². The molecule has 2 rings (SSSR count). The molecule has 2 aromatic rings. The molecule has 0 aromatic heterocycles. The van der Waals surface area contributed by atoms with Gasteiger partial charge in [-0.15, -0.1) is 0 Å². The summed E-state index contributed by atoms with van der Waals surface area (Å²) in [4.78, 5) is -0.0726. The van der Waals surface area contributed by atoms with E-state index in [0.717, 1.165) is 0 Å². The van der Waals surface area contributed by atoms with E-state index in [9.17, 15) is 8.42 Å². The standard InChI is InChI=1S/C13H14N2O4S/c1-18-11-4-2-3-5-12(11)19-13-8-9(20(15,16)17)6-7-10(13)14/h2-8H,14H2,1H3,(H2,15,16,17). The summed E-state index contributed by atoms with van der Waals surface area (Å²) >= 11 is 0. The van der Waals surface area contributed by atoms with Crippen molar-refractivity contribution in [1.82, 2.24) is 0 Å². The van der Waals surface area contributed by atoms with Gasteiger partial charge in [-0.3, -0.25) is 0 Å². The van der Waals surface area contributed by atoms with E-state index < -0.39 is 10.0 Å². The summed E-state index contributed by atoms with van der Waals surface area (Å²) in [7, 11) is -2.31. The van der Waals surface area contributed by atoms with E-state index in [0.29, 0.717) is 17.2 Å². The van der Waals surface area contributed by atoms with Gasteiger partial charge in [0, 0.05) is 6.07 Å². The minimum atomic E-state index is -3.82. The molecule has 0 heterocycles. The zero-order valence-corrected chi connectivity index (χ0v) is 11.6. The third-order valence-corrected chi connectivity index (χ3v) is 3.51. The Kier molecular flexibility index (Phi) is 3.82. The highest BCUT2D eigenvalue weighted by atomic mass is 32.2. The van der Waals surface area contributed by atoms with Gasteiger partial charge < -0.3 is 15.2 Å². The number of rotatable bonds is 4. The Morgan fingerprint density at radius 3 is 2.25 bits per heavy atom. The molecule has 0 saturated carbocycles. The number of primary sulfonamides is 1. The number of nitrogens with two attached hydrogens (primary N) is 2. The van der Waals surface area contributed by atoms with Gasteiger partial charge >= 0.3 is 0 Å². The molecule has 0 bridgehead atoms. The first-order valence-corrected chi connectivity index (χ1v) is 7.19. The molecule has 0 aliphatic heterocycles. The van der Waals surface area contributed by atoms with Gasteiger partial charge in [-0.05, 0) is 24.3 Å². The highest BCUT2D eigenvalue weighted by molar-refractivity contribution is 7.89. The molecular weight excluding hydrogens is 280 g/mol. The fourth-order valence-electron chi connectivity index (χ4n) is 1.60. The molecule has 4 N–H and O–H groups in total. The number of ether oxygens (including phenoxy) is 2. The summed E-state index contributed by atoms with van der Waals surface area (Å²) in [6, 6.07) is 11.0. The molecule has 0 spiro atoms. The van der Waals surface area contributed by atoms with Crippen molar-refractivity contribution < 1.29 is 17.9 Å². The lowest BCUT2D eigenvalue weighted by atomic mass is 10.3. The van der Waals surface area contributed by atoms with Crippen molar-refractivity contribution in [3.05, 3.63) is 42.5 Å². The third-order valence-electron chi connectivity index (χ3n) is 2.60. The average molecular weight is 294 g/mol. The molecule has 0 unspecified atom stereocenters. The van der Waals surface area contributed by atoms with E-state index in [1.54, 1.807) is 24.3 Å². The molecule has 0 aliphatic carbocycles. The van der Waals surface area contributed by atoms with Crippen LogP contribution in [-0.2, 0) is 10.0 Å². The van der Waals surface area contributed by atoms with Crippen LogP contribution in [-0.4, -0.2) is 15.5 Å². The summed E-state index contributed by atoms with van der Waals surface area (Å²) in [6.07, 6.45) is 0. The van der Waals surface area contributed by atoms with Crippen molar-refractivity contribution in [3.63, 3.8) is 0 Å². The fourth-order valence-corrected chi connectivity index (χ4v) is 2.13. The van der Waals surface area contributed by atoms with Crippen molar-refractivity contribution >= 4 is 15.7 Å². The average Bonchev–Trinajstić information content (AvgIpc) is 2.40. The molecular formula is C13H14N2O4S. The lowest BCUT2D eigenvalue weighted by molar-refractivity contribution is 0.379. The predicted octanol–water partition coefficient (Wildman–Crippen LogP) is 1.72. The third kappa shape index (κ3) is 3.01. The van der Waals surface area contributed by atoms with Gasteiger partial charge in [0.2, 0.25) is 10.0 Å². The van der Waals surface area contributed by atoms with Crippen molar-refractivity contribution in [2.75, 3.05) is 12.8 Å². The van der Waals surface area contributed by atoms with E-state index in [1.807, 2.05) is 0 Å². The van der Waals surface area contributed by atoms with E-state index >= 15 is 0 Å². The highest BCUT2D eigenvalue weighted by Crippen LogP contribution is 2.34. The van der Waals surface area contributed by atoms with Crippen molar-refractivity contribution in [2.45, 2.75) is 4.90 Å². The first-order chi connectivity index (χ1) is 9.41. The van der Waals surface area contributed by atoms with Gasteiger partial charge in [-0.25, -0.2) is 13.6 Å². The molecule has 6 nitrogen and oxygen atoms in total.